The van der Waals surface area contributed by atoms with Gasteiger partial charge in [0.2, 0.25) is 0 Å². The van der Waals surface area contributed by atoms with Crippen LogP contribution in [0.15, 0.2) is 94.6 Å². The van der Waals surface area contributed by atoms with Crippen LogP contribution in [0.1, 0.15) is 5.56 Å². The maximum absolute atomic E-state index is 12.4. The fraction of sp³-hybridized carbons (Fsp3) is 0.0714. The van der Waals surface area contributed by atoms with E-state index in [1.165, 1.54) is 6.26 Å². The number of anilines is 3. The maximum atomic E-state index is 12.4. The Hall–Kier alpha value is -4.63. The highest BCUT2D eigenvalue weighted by Gasteiger charge is 2.17. The van der Waals surface area contributed by atoms with Crippen molar-refractivity contribution in [3.63, 3.8) is 0 Å². The number of amides is 2. The second-order valence-electron chi connectivity index (χ2n) is 8.73. The zero-order valence-electron chi connectivity index (χ0n) is 20.1. The third-order valence-corrected chi connectivity index (χ3v) is 7.08. The summed E-state index contributed by atoms with van der Waals surface area (Å²) in [7, 11) is -3.30. The fourth-order valence-electron chi connectivity index (χ4n) is 4.12. The van der Waals surface area contributed by atoms with E-state index in [-0.39, 0.29) is 10.9 Å². The first-order valence-electron chi connectivity index (χ1n) is 11.4. The summed E-state index contributed by atoms with van der Waals surface area (Å²) in [5, 5.41) is 6.29. The van der Waals surface area contributed by atoms with Crippen LogP contribution in [0.3, 0.4) is 0 Å². The number of benzene rings is 3. The topological polar surface area (TPSA) is 127 Å². The van der Waals surface area contributed by atoms with Crippen LogP contribution in [0.5, 0.6) is 0 Å². The van der Waals surface area contributed by atoms with Crippen molar-refractivity contribution in [2.24, 2.45) is 0 Å². The van der Waals surface area contributed by atoms with Gasteiger partial charge in [-0.3, -0.25) is 0 Å². The SMILES string of the molecule is Cc1cccc(NC(=O)Nc2ccc(-c3coc4c(-c5ccc(S(C)(=O)=O)cc5)cnc(N)c34)cc2)c1. The molecule has 0 saturated carbocycles. The number of nitrogens with two attached hydrogens (primary N) is 1. The molecule has 0 bridgehead atoms. The Morgan fingerprint density at radius 1 is 0.892 bits per heavy atom. The molecular weight excluding hydrogens is 488 g/mol. The number of aryl methyl sites for hydroxylation is 1. The molecule has 8 nitrogen and oxygen atoms in total. The number of aromatic nitrogens is 1. The molecule has 0 saturated heterocycles. The molecule has 5 rings (SSSR count). The fourth-order valence-corrected chi connectivity index (χ4v) is 4.75. The summed E-state index contributed by atoms with van der Waals surface area (Å²) in [5.74, 6) is 0.315. The van der Waals surface area contributed by atoms with E-state index in [0.717, 1.165) is 22.3 Å². The molecule has 0 aliphatic carbocycles. The van der Waals surface area contributed by atoms with Gasteiger partial charge in [0, 0.05) is 35.0 Å². The van der Waals surface area contributed by atoms with Crippen LogP contribution in [-0.4, -0.2) is 25.7 Å². The van der Waals surface area contributed by atoms with Crippen LogP contribution in [-0.2, 0) is 9.84 Å². The van der Waals surface area contributed by atoms with Crippen molar-refractivity contribution < 1.29 is 17.6 Å². The largest absolute Gasteiger partial charge is 0.463 e. The Balaban J connectivity index is 1.41. The minimum atomic E-state index is -3.30. The molecule has 2 heterocycles. The lowest BCUT2D eigenvalue weighted by molar-refractivity contribution is 0.262. The number of urea groups is 1. The first-order chi connectivity index (χ1) is 17.7. The maximum Gasteiger partial charge on any atom is 0.323 e. The molecule has 0 radical (unpaired) electrons. The van der Waals surface area contributed by atoms with E-state index in [2.05, 4.69) is 15.6 Å². The Bertz CT molecular complexity index is 1730. The molecule has 9 heteroatoms. The number of carbonyl (C=O) groups is 1. The summed E-state index contributed by atoms with van der Waals surface area (Å²) in [5.41, 5.74) is 12.2. The number of carbonyl (C=O) groups excluding carboxylic acids is 1. The molecule has 0 spiro atoms. The van der Waals surface area contributed by atoms with Gasteiger partial charge in [0.1, 0.15) is 11.4 Å². The summed E-state index contributed by atoms with van der Waals surface area (Å²) < 4.78 is 29.5. The van der Waals surface area contributed by atoms with Crippen molar-refractivity contribution in [3.8, 4) is 22.3 Å². The quantitative estimate of drug-likeness (QED) is 0.261. The molecule has 3 aromatic carbocycles. The zero-order valence-corrected chi connectivity index (χ0v) is 21.0. The number of fused-ring (bicyclic) bond motifs is 1. The van der Waals surface area contributed by atoms with E-state index >= 15 is 0 Å². The van der Waals surface area contributed by atoms with Gasteiger partial charge in [0.25, 0.3) is 0 Å². The van der Waals surface area contributed by atoms with Gasteiger partial charge in [-0.1, -0.05) is 36.4 Å². The van der Waals surface area contributed by atoms with Crippen LogP contribution >= 0.6 is 0 Å². The van der Waals surface area contributed by atoms with E-state index in [9.17, 15) is 13.2 Å². The van der Waals surface area contributed by atoms with E-state index in [1.54, 1.807) is 48.9 Å². The smallest absolute Gasteiger partial charge is 0.323 e. The van der Waals surface area contributed by atoms with Crippen LogP contribution in [0.2, 0.25) is 0 Å². The number of hydrogen-bond donors (Lipinski definition) is 3. The first-order valence-corrected chi connectivity index (χ1v) is 13.3. The van der Waals surface area contributed by atoms with Crippen molar-refractivity contribution >= 4 is 44.0 Å². The standard InChI is InChI=1S/C28H24N4O4S/c1-17-4-3-5-21(14-17)32-28(33)31-20-10-6-19(7-11-20)24-16-36-26-23(15-30-27(29)25(24)26)18-8-12-22(13-9-18)37(2,34)35/h3-16H,1-2H3,(H2,29,30)(H2,31,32,33). The predicted octanol–water partition coefficient (Wildman–Crippen LogP) is 6.10. The second kappa shape index (κ2) is 9.44. The average Bonchev–Trinajstić information content (AvgIpc) is 3.30. The van der Waals surface area contributed by atoms with Crippen molar-refractivity contribution in [1.29, 1.82) is 0 Å². The van der Waals surface area contributed by atoms with Crippen molar-refractivity contribution in [1.82, 2.24) is 4.98 Å². The molecule has 2 aromatic heterocycles. The van der Waals surface area contributed by atoms with Gasteiger partial charge in [0.05, 0.1) is 16.5 Å². The second-order valence-corrected chi connectivity index (χ2v) is 10.7. The molecule has 0 atom stereocenters. The number of pyridine rings is 1. The first kappa shape index (κ1) is 24.1. The molecule has 0 aliphatic heterocycles. The summed E-state index contributed by atoms with van der Waals surface area (Å²) in [6.45, 7) is 1.96. The minimum absolute atomic E-state index is 0.234. The number of nitrogens with zero attached hydrogens (tertiary/aromatic N) is 1. The summed E-state index contributed by atoms with van der Waals surface area (Å²) in [4.78, 5) is 17.0. The van der Waals surface area contributed by atoms with Gasteiger partial charge in [-0.15, -0.1) is 0 Å². The summed E-state index contributed by atoms with van der Waals surface area (Å²) >= 11 is 0. The van der Waals surface area contributed by atoms with E-state index in [0.29, 0.717) is 33.7 Å². The van der Waals surface area contributed by atoms with E-state index < -0.39 is 9.84 Å². The summed E-state index contributed by atoms with van der Waals surface area (Å²) in [6, 6.07) is 21.1. The summed E-state index contributed by atoms with van der Waals surface area (Å²) in [6.07, 6.45) is 4.39. The molecular formula is C28H24N4O4S. The van der Waals surface area contributed by atoms with Crippen molar-refractivity contribution in [2.75, 3.05) is 22.6 Å². The van der Waals surface area contributed by atoms with Gasteiger partial charge in [-0.25, -0.2) is 18.2 Å². The van der Waals surface area contributed by atoms with Gasteiger partial charge in [-0.2, -0.15) is 0 Å². The van der Waals surface area contributed by atoms with Crippen LogP contribution in [0.25, 0.3) is 33.2 Å². The molecule has 2 amide bonds. The van der Waals surface area contributed by atoms with Crippen molar-refractivity contribution in [3.05, 3.63) is 90.8 Å². The lowest BCUT2D eigenvalue weighted by Gasteiger charge is -2.09. The van der Waals surface area contributed by atoms with Gasteiger partial charge < -0.3 is 20.8 Å². The Kier molecular flexibility index (Phi) is 6.14. The molecule has 0 unspecified atom stereocenters. The van der Waals surface area contributed by atoms with Crippen molar-refractivity contribution in [2.45, 2.75) is 11.8 Å². The molecule has 4 N–H and O–H groups in total. The van der Waals surface area contributed by atoms with Crippen LogP contribution in [0.4, 0.5) is 22.0 Å². The van der Waals surface area contributed by atoms with Gasteiger partial charge in [-0.05, 0) is 60.0 Å². The van der Waals surface area contributed by atoms with Gasteiger partial charge in [0.15, 0.2) is 9.84 Å². The van der Waals surface area contributed by atoms with E-state index in [4.69, 9.17) is 10.2 Å². The zero-order chi connectivity index (χ0) is 26.2. The number of hydrogen-bond acceptors (Lipinski definition) is 6. The predicted molar refractivity (Wildman–Crippen MR) is 146 cm³/mol. The number of sulfone groups is 1. The number of nitrogens with one attached hydrogen (secondary N) is 2. The Morgan fingerprint density at radius 2 is 1.54 bits per heavy atom. The van der Waals surface area contributed by atoms with Gasteiger partial charge >= 0.3 is 6.03 Å². The monoisotopic (exact) mass is 512 g/mol. The van der Waals surface area contributed by atoms with E-state index in [1.807, 2.05) is 43.3 Å². The average molecular weight is 513 g/mol. The Labute approximate surface area is 214 Å². The highest BCUT2D eigenvalue weighted by atomic mass is 32.2. The molecule has 0 aliphatic rings. The highest BCUT2D eigenvalue weighted by molar-refractivity contribution is 7.90. The third kappa shape index (κ3) is 5.03. The highest BCUT2D eigenvalue weighted by Crippen LogP contribution is 2.39. The number of furan rings is 1. The Morgan fingerprint density at radius 3 is 2.22 bits per heavy atom. The van der Waals surface area contributed by atoms with Crippen LogP contribution in [0, 0.1) is 6.92 Å². The molecule has 186 valence electrons. The molecule has 37 heavy (non-hydrogen) atoms. The minimum Gasteiger partial charge on any atom is -0.463 e. The lowest BCUT2D eigenvalue weighted by Crippen LogP contribution is -2.19. The molecule has 0 fully saturated rings. The number of nitrogen functional groups attached to an aromatic ring is 1. The molecule has 5 aromatic rings. The normalized spacial score (nSPS) is 11.4. The number of rotatable bonds is 5. The lowest BCUT2D eigenvalue weighted by atomic mass is 10.0. The van der Waals surface area contributed by atoms with Crippen LogP contribution < -0.4 is 16.4 Å². The third-order valence-electron chi connectivity index (χ3n) is 5.95.